The molecule has 9 heteroatoms. The van der Waals surface area contributed by atoms with E-state index in [0.29, 0.717) is 23.3 Å². The summed E-state index contributed by atoms with van der Waals surface area (Å²) in [4.78, 5) is 21.7. The molecule has 1 aliphatic carbocycles. The zero-order valence-electron chi connectivity index (χ0n) is 14.0. The minimum absolute atomic E-state index is 0.176. The van der Waals surface area contributed by atoms with Crippen molar-refractivity contribution in [3.63, 3.8) is 0 Å². The number of rotatable bonds is 5. The molecule has 1 aliphatic rings. The number of hydrogen-bond acceptors (Lipinski definition) is 8. The van der Waals surface area contributed by atoms with Gasteiger partial charge in [0.05, 0.1) is 5.69 Å². The second kappa shape index (κ2) is 6.44. The molecule has 5 rings (SSSR count). The van der Waals surface area contributed by atoms with E-state index in [-0.39, 0.29) is 11.6 Å². The van der Waals surface area contributed by atoms with Crippen LogP contribution in [0.5, 0.6) is 0 Å². The molecule has 1 N–H and O–H groups in total. The number of carbonyl (C=O) groups is 1. The first-order chi connectivity index (χ1) is 13.3. The number of pyridine rings is 1. The number of nitrogens with one attached hydrogen (secondary N) is 1. The Kier molecular flexibility index (Phi) is 3.79. The zero-order valence-corrected chi connectivity index (χ0v) is 14.8. The molecule has 4 aromatic heterocycles. The maximum Gasteiger partial charge on any atom is 0.277 e. The van der Waals surface area contributed by atoms with Crippen molar-refractivity contribution in [1.82, 2.24) is 20.3 Å². The first-order valence-corrected chi connectivity index (χ1v) is 9.26. The summed E-state index contributed by atoms with van der Waals surface area (Å²) in [5, 5.41) is 12.6. The summed E-state index contributed by atoms with van der Waals surface area (Å²) in [6, 6.07) is 6.99. The molecular formula is C18H13N5O3S. The Bertz CT molecular complexity index is 1100. The van der Waals surface area contributed by atoms with Crippen molar-refractivity contribution < 1.29 is 13.8 Å². The van der Waals surface area contributed by atoms with E-state index >= 15 is 0 Å². The van der Waals surface area contributed by atoms with Crippen molar-refractivity contribution in [2.75, 3.05) is 5.32 Å². The minimum atomic E-state index is -0.379. The highest BCUT2D eigenvalue weighted by molar-refractivity contribution is 7.14. The fraction of sp³-hybridized carbons (Fsp3) is 0.167. The van der Waals surface area contributed by atoms with Crippen LogP contribution >= 0.6 is 11.3 Å². The monoisotopic (exact) mass is 379 g/mol. The summed E-state index contributed by atoms with van der Waals surface area (Å²) in [5.74, 6) is 1.65. The number of carbonyl (C=O) groups excluding carboxylic acids is 1. The van der Waals surface area contributed by atoms with Crippen molar-refractivity contribution in [2.24, 2.45) is 0 Å². The lowest BCUT2D eigenvalue weighted by molar-refractivity contribution is 0.101. The van der Waals surface area contributed by atoms with Crippen molar-refractivity contribution in [3.8, 4) is 22.1 Å². The summed E-state index contributed by atoms with van der Waals surface area (Å²) in [7, 11) is 0. The first-order valence-electron chi connectivity index (χ1n) is 8.38. The quantitative estimate of drug-likeness (QED) is 0.559. The fourth-order valence-electron chi connectivity index (χ4n) is 2.62. The van der Waals surface area contributed by atoms with E-state index in [0.717, 1.165) is 29.1 Å². The van der Waals surface area contributed by atoms with Gasteiger partial charge in [0.2, 0.25) is 0 Å². The number of thiophene rings is 1. The van der Waals surface area contributed by atoms with Crippen LogP contribution in [-0.4, -0.2) is 26.2 Å². The van der Waals surface area contributed by atoms with Gasteiger partial charge in [0.15, 0.2) is 17.3 Å². The molecule has 1 amide bonds. The second-order valence-corrected chi connectivity index (χ2v) is 7.08. The molecule has 134 valence electrons. The molecule has 0 unspecified atom stereocenters. The van der Waals surface area contributed by atoms with Crippen molar-refractivity contribution in [1.29, 1.82) is 0 Å². The van der Waals surface area contributed by atoms with Crippen molar-refractivity contribution >= 4 is 22.9 Å². The van der Waals surface area contributed by atoms with E-state index in [2.05, 4.69) is 25.6 Å². The van der Waals surface area contributed by atoms with E-state index in [1.165, 1.54) is 11.3 Å². The van der Waals surface area contributed by atoms with Gasteiger partial charge in [-0.1, -0.05) is 10.3 Å². The average molecular weight is 379 g/mol. The smallest absolute Gasteiger partial charge is 0.277 e. The van der Waals surface area contributed by atoms with Crippen LogP contribution < -0.4 is 5.32 Å². The van der Waals surface area contributed by atoms with Crippen LogP contribution in [0.15, 0.2) is 51.1 Å². The Balaban J connectivity index is 1.36. The van der Waals surface area contributed by atoms with E-state index < -0.39 is 0 Å². The van der Waals surface area contributed by atoms with Gasteiger partial charge in [0.1, 0.15) is 4.88 Å². The van der Waals surface area contributed by atoms with Crippen LogP contribution in [0.4, 0.5) is 5.69 Å². The second-order valence-electron chi connectivity index (χ2n) is 6.17. The normalized spacial score (nSPS) is 13.6. The minimum Gasteiger partial charge on any atom is -0.355 e. The third-order valence-electron chi connectivity index (χ3n) is 4.18. The highest BCUT2D eigenvalue weighted by Crippen LogP contribution is 2.40. The van der Waals surface area contributed by atoms with Crippen LogP contribution in [0.1, 0.15) is 35.1 Å². The molecule has 27 heavy (non-hydrogen) atoms. The molecule has 1 fully saturated rings. The molecule has 0 aromatic carbocycles. The van der Waals surface area contributed by atoms with E-state index in [1.807, 2.05) is 11.4 Å². The number of hydrogen-bond donors (Lipinski definition) is 1. The van der Waals surface area contributed by atoms with Crippen LogP contribution in [0, 0.1) is 0 Å². The van der Waals surface area contributed by atoms with Crippen LogP contribution in [0.2, 0.25) is 0 Å². The van der Waals surface area contributed by atoms with Gasteiger partial charge in [-0.15, -0.1) is 11.3 Å². The maximum atomic E-state index is 12.6. The number of amides is 1. The van der Waals surface area contributed by atoms with E-state index in [1.54, 1.807) is 30.6 Å². The number of nitrogens with zero attached hydrogens (tertiary/aromatic N) is 4. The van der Waals surface area contributed by atoms with Gasteiger partial charge in [-0.3, -0.25) is 9.78 Å². The van der Waals surface area contributed by atoms with Gasteiger partial charge >= 0.3 is 0 Å². The highest BCUT2D eigenvalue weighted by atomic mass is 32.1. The standard InChI is InChI=1S/C18H13N5O3S/c24-17(13-8-14(25-22-13)11-2-1-6-19-9-11)20-12-5-7-27-15(12)18-21-16(23-26-18)10-3-4-10/h1-2,5-10H,3-4H2,(H,20,24). The Morgan fingerprint density at radius 3 is 2.96 bits per heavy atom. The summed E-state index contributed by atoms with van der Waals surface area (Å²) in [5.41, 5.74) is 1.52. The molecule has 4 aromatic rings. The van der Waals surface area contributed by atoms with Crippen LogP contribution in [0.25, 0.3) is 22.1 Å². The van der Waals surface area contributed by atoms with Crippen LogP contribution in [0.3, 0.4) is 0 Å². The van der Waals surface area contributed by atoms with E-state index in [9.17, 15) is 4.79 Å². The lowest BCUT2D eigenvalue weighted by Gasteiger charge is -2.01. The third-order valence-corrected chi connectivity index (χ3v) is 5.08. The SMILES string of the molecule is O=C(Nc1ccsc1-c1nc(C2CC2)no1)c1cc(-c2cccnc2)on1. The first kappa shape index (κ1) is 15.9. The summed E-state index contributed by atoms with van der Waals surface area (Å²) in [6.07, 6.45) is 5.50. The molecule has 1 saturated carbocycles. The fourth-order valence-corrected chi connectivity index (χ4v) is 3.39. The Labute approximate surface area is 157 Å². The lowest BCUT2D eigenvalue weighted by atomic mass is 10.2. The van der Waals surface area contributed by atoms with Gasteiger partial charge in [-0.05, 0) is 36.4 Å². The van der Waals surface area contributed by atoms with Gasteiger partial charge in [-0.25, -0.2) is 0 Å². The van der Waals surface area contributed by atoms with Gasteiger partial charge < -0.3 is 14.4 Å². The molecule has 0 spiro atoms. The predicted molar refractivity (Wildman–Crippen MR) is 97.3 cm³/mol. The summed E-state index contributed by atoms with van der Waals surface area (Å²) < 4.78 is 10.6. The molecule has 0 radical (unpaired) electrons. The molecule has 0 atom stereocenters. The van der Waals surface area contributed by atoms with Gasteiger partial charge in [0, 0.05) is 29.9 Å². The predicted octanol–water partition coefficient (Wildman–Crippen LogP) is 3.98. The molecule has 8 nitrogen and oxygen atoms in total. The number of anilines is 1. The Morgan fingerprint density at radius 1 is 1.22 bits per heavy atom. The molecule has 0 saturated heterocycles. The zero-order chi connectivity index (χ0) is 18.2. The molecule has 4 heterocycles. The average Bonchev–Trinajstić information content (AvgIpc) is 3.11. The summed E-state index contributed by atoms with van der Waals surface area (Å²) >= 11 is 1.42. The maximum absolute atomic E-state index is 12.6. The van der Waals surface area contributed by atoms with Crippen molar-refractivity contribution in [2.45, 2.75) is 18.8 Å². The largest absolute Gasteiger partial charge is 0.355 e. The van der Waals surface area contributed by atoms with Crippen molar-refractivity contribution in [3.05, 3.63) is 53.6 Å². The van der Waals surface area contributed by atoms with E-state index in [4.69, 9.17) is 9.05 Å². The summed E-state index contributed by atoms with van der Waals surface area (Å²) in [6.45, 7) is 0. The highest BCUT2D eigenvalue weighted by Gasteiger charge is 2.29. The molecular weight excluding hydrogens is 366 g/mol. The molecule has 0 bridgehead atoms. The number of aromatic nitrogens is 4. The Morgan fingerprint density at radius 2 is 2.15 bits per heavy atom. The van der Waals surface area contributed by atoms with Gasteiger partial charge in [-0.2, -0.15) is 4.98 Å². The third kappa shape index (κ3) is 3.13. The lowest BCUT2D eigenvalue weighted by Crippen LogP contribution is -2.12. The topological polar surface area (TPSA) is 107 Å². The Hall–Kier alpha value is -3.33. The van der Waals surface area contributed by atoms with Crippen LogP contribution in [-0.2, 0) is 0 Å². The molecule has 0 aliphatic heterocycles. The van der Waals surface area contributed by atoms with Gasteiger partial charge in [0.25, 0.3) is 11.8 Å².